The highest BCUT2D eigenvalue weighted by Gasteiger charge is 2.37. The zero-order valence-electron chi connectivity index (χ0n) is 10.3. The van der Waals surface area contributed by atoms with Crippen molar-refractivity contribution in [1.82, 2.24) is 0 Å². The van der Waals surface area contributed by atoms with Crippen molar-refractivity contribution in [2.24, 2.45) is 4.99 Å². The number of benzene rings is 1. The Balaban J connectivity index is 1.77. The molecule has 1 N–H and O–H groups in total. The number of amidine groups is 1. The van der Waals surface area contributed by atoms with Crippen LogP contribution in [0.25, 0.3) is 0 Å². The van der Waals surface area contributed by atoms with E-state index in [1.165, 1.54) is 0 Å². The van der Waals surface area contributed by atoms with Crippen LogP contribution in [0, 0.1) is 0 Å². The summed E-state index contributed by atoms with van der Waals surface area (Å²) >= 11 is 13.9. The van der Waals surface area contributed by atoms with Gasteiger partial charge in [0.05, 0.1) is 16.2 Å². The molecule has 102 valence electrons. The molecule has 3 nitrogen and oxygen atoms in total. The summed E-state index contributed by atoms with van der Waals surface area (Å²) in [6.07, 6.45) is 1.99. The molecule has 1 saturated heterocycles. The van der Waals surface area contributed by atoms with Crippen molar-refractivity contribution in [3.05, 3.63) is 28.2 Å². The fourth-order valence-electron chi connectivity index (χ4n) is 2.26. The van der Waals surface area contributed by atoms with Crippen LogP contribution in [0.2, 0.25) is 10.0 Å². The molecule has 0 saturated carbocycles. The van der Waals surface area contributed by atoms with Gasteiger partial charge in [0.15, 0.2) is 5.17 Å². The summed E-state index contributed by atoms with van der Waals surface area (Å²) in [7, 11) is 0. The Hall–Kier alpha value is -0.420. The lowest BCUT2D eigenvalue weighted by molar-refractivity contribution is 0.0624. The van der Waals surface area contributed by atoms with Gasteiger partial charge in [0.2, 0.25) is 0 Å². The Morgan fingerprint density at radius 3 is 2.84 bits per heavy atom. The highest BCUT2D eigenvalue weighted by atomic mass is 35.5. The minimum Gasteiger partial charge on any atom is -0.381 e. The minimum absolute atomic E-state index is 0.0519. The van der Waals surface area contributed by atoms with Gasteiger partial charge >= 0.3 is 0 Å². The number of hydrogen-bond donors (Lipinski definition) is 1. The molecule has 0 bridgehead atoms. The SMILES string of the molecule is Clc1ccc(Cl)c(NC2=NC3(CCOCC3)CS2)c1. The second kappa shape index (κ2) is 5.52. The molecular formula is C13H14Cl2N2OS. The lowest BCUT2D eigenvalue weighted by Crippen LogP contribution is -2.34. The zero-order chi connectivity index (χ0) is 13.3. The summed E-state index contributed by atoms with van der Waals surface area (Å²) < 4.78 is 5.41. The van der Waals surface area contributed by atoms with Crippen LogP contribution < -0.4 is 5.32 Å². The summed E-state index contributed by atoms with van der Waals surface area (Å²) in [4.78, 5) is 4.83. The van der Waals surface area contributed by atoms with E-state index in [9.17, 15) is 0 Å². The average Bonchev–Trinajstić information content (AvgIpc) is 2.78. The van der Waals surface area contributed by atoms with Crippen molar-refractivity contribution in [3.8, 4) is 0 Å². The third-order valence-corrected chi connectivity index (χ3v) is 5.12. The minimum atomic E-state index is 0.0519. The molecule has 19 heavy (non-hydrogen) atoms. The average molecular weight is 317 g/mol. The van der Waals surface area contributed by atoms with E-state index in [2.05, 4.69) is 5.32 Å². The van der Waals surface area contributed by atoms with E-state index < -0.39 is 0 Å². The van der Waals surface area contributed by atoms with E-state index in [1.807, 2.05) is 6.07 Å². The molecule has 6 heteroatoms. The molecule has 2 heterocycles. The molecule has 2 aliphatic heterocycles. The van der Waals surface area contributed by atoms with E-state index in [0.717, 1.165) is 42.7 Å². The van der Waals surface area contributed by atoms with Gasteiger partial charge in [0.1, 0.15) is 0 Å². The molecule has 1 fully saturated rings. The smallest absolute Gasteiger partial charge is 0.161 e. The van der Waals surface area contributed by atoms with Crippen molar-refractivity contribution >= 4 is 45.8 Å². The van der Waals surface area contributed by atoms with Crippen molar-refractivity contribution in [2.45, 2.75) is 18.4 Å². The lowest BCUT2D eigenvalue weighted by atomic mass is 9.93. The number of rotatable bonds is 1. The molecule has 1 aromatic carbocycles. The van der Waals surface area contributed by atoms with Gasteiger partial charge in [-0.1, -0.05) is 35.0 Å². The molecule has 2 aliphatic rings. The Labute approximate surface area is 126 Å². The quantitative estimate of drug-likeness (QED) is 0.848. The first-order valence-corrected chi connectivity index (χ1v) is 7.94. The number of thioether (sulfide) groups is 1. The van der Waals surface area contributed by atoms with Gasteiger partial charge in [0.25, 0.3) is 0 Å². The first-order valence-electron chi connectivity index (χ1n) is 6.19. The third kappa shape index (κ3) is 3.02. The second-order valence-electron chi connectivity index (χ2n) is 4.79. The summed E-state index contributed by atoms with van der Waals surface area (Å²) in [5.74, 6) is 1.01. The fraction of sp³-hybridized carbons (Fsp3) is 0.462. The molecule has 3 rings (SSSR count). The third-order valence-electron chi connectivity index (χ3n) is 3.41. The van der Waals surface area contributed by atoms with Crippen LogP contribution in [0.1, 0.15) is 12.8 Å². The molecule has 1 aromatic rings. The Morgan fingerprint density at radius 2 is 2.05 bits per heavy atom. The van der Waals surface area contributed by atoms with Crippen LogP contribution in [0.4, 0.5) is 5.69 Å². The Bertz CT molecular complexity index is 515. The predicted octanol–water partition coefficient (Wildman–Crippen LogP) is 4.06. The summed E-state index contributed by atoms with van der Waals surface area (Å²) in [5.41, 5.74) is 0.862. The van der Waals surface area contributed by atoms with Gasteiger partial charge < -0.3 is 10.1 Å². The summed E-state index contributed by atoms with van der Waals surface area (Å²) in [5, 5.41) is 5.52. The molecule has 0 aliphatic carbocycles. The van der Waals surface area contributed by atoms with Gasteiger partial charge in [-0.05, 0) is 31.0 Å². The van der Waals surface area contributed by atoms with Crippen LogP contribution in [-0.2, 0) is 4.74 Å². The van der Waals surface area contributed by atoms with Crippen LogP contribution in [0.3, 0.4) is 0 Å². The zero-order valence-corrected chi connectivity index (χ0v) is 12.6. The number of aliphatic imine (C=N–C) groups is 1. The van der Waals surface area contributed by atoms with Crippen LogP contribution in [-0.4, -0.2) is 29.7 Å². The maximum absolute atomic E-state index is 6.15. The fourth-order valence-corrected chi connectivity index (χ4v) is 3.80. The van der Waals surface area contributed by atoms with Crippen molar-refractivity contribution < 1.29 is 4.74 Å². The Kier molecular flexibility index (Phi) is 3.94. The predicted molar refractivity (Wildman–Crippen MR) is 82.8 cm³/mol. The molecule has 0 radical (unpaired) electrons. The van der Waals surface area contributed by atoms with Crippen LogP contribution in [0.15, 0.2) is 23.2 Å². The number of ether oxygens (including phenoxy) is 1. The summed E-state index contributed by atoms with van der Waals surface area (Å²) in [6.45, 7) is 1.60. The molecule has 0 amide bonds. The Morgan fingerprint density at radius 1 is 1.26 bits per heavy atom. The van der Waals surface area contributed by atoms with Gasteiger partial charge in [0, 0.05) is 24.0 Å². The molecule has 0 atom stereocenters. The largest absolute Gasteiger partial charge is 0.381 e. The second-order valence-corrected chi connectivity index (χ2v) is 6.60. The molecular weight excluding hydrogens is 303 g/mol. The lowest BCUT2D eigenvalue weighted by Gasteiger charge is -2.29. The highest BCUT2D eigenvalue weighted by Crippen LogP contribution is 2.37. The van der Waals surface area contributed by atoms with E-state index in [4.69, 9.17) is 32.9 Å². The van der Waals surface area contributed by atoms with Gasteiger partial charge in [-0.2, -0.15) is 0 Å². The van der Waals surface area contributed by atoms with E-state index in [0.29, 0.717) is 10.0 Å². The number of halogens is 2. The number of nitrogens with one attached hydrogen (secondary N) is 1. The topological polar surface area (TPSA) is 33.6 Å². The van der Waals surface area contributed by atoms with Crippen molar-refractivity contribution in [3.63, 3.8) is 0 Å². The van der Waals surface area contributed by atoms with Crippen molar-refractivity contribution in [2.75, 3.05) is 24.3 Å². The maximum atomic E-state index is 6.15. The van der Waals surface area contributed by atoms with Gasteiger partial charge in [-0.15, -0.1) is 0 Å². The first-order chi connectivity index (χ1) is 9.17. The highest BCUT2D eigenvalue weighted by molar-refractivity contribution is 8.14. The van der Waals surface area contributed by atoms with Gasteiger partial charge in [-0.3, -0.25) is 4.99 Å². The standard InChI is InChI=1S/C13H14Cl2N2OS/c14-9-1-2-10(15)11(7-9)16-12-17-13(8-19-12)3-5-18-6-4-13/h1-2,7H,3-6,8H2,(H,16,17). The van der Waals surface area contributed by atoms with E-state index in [-0.39, 0.29) is 5.54 Å². The normalized spacial score (nSPS) is 21.5. The molecule has 1 spiro atoms. The first kappa shape index (κ1) is 13.6. The maximum Gasteiger partial charge on any atom is 0.161 e. The van der Waals surface area contributed by atoms with E-state index >= 15 is 0 Å². The molecule has 0 aromatic heterocycles. The van der Waals surface area contributed by atoms with Crippen LogP contribution in [0.5, 0.6) is 0 Å². The van der Waals surface area contributed by atoms with Crippen molar-refractivity contribution in [1.29, 1.82) is 0 Å². The molecule has 0 unspecified atom stereocenters. The van der Waals surface area contributed by atoms with E-state index in [1.54, 1.807) is 23.9 Å². The number of nitrogens with zero attached hydrogens (tertiary/aromatic N) is 1. The van der Waals surface area contributed by atoms with Crippen LogP contribution >= 0.6 is 35.0 Å². The number of hydrogen-bond acceptors (Lipinski definition) is 4. The van der Waals surface area contributed by atoms with Gasteiger partial charge in [-0.25, -0.2) is 0 Å². The monoisotopic (exact) mass is 316 g/mol. The summed E-state index contributed by atoms with van der Waals surface area (Å²) in [6, 6.07) is 5.39. The number of anilines is 1.